The molecule has 1 aromatic heterocycles. The number of hydrogen-bond donors (Lipinski definition) is 0. The summed E-state index contributed by atoms with van der Waals surface area (Å²) in [7, 11) is 3.27. The molecule has 0 aliphatic carbocycles. The molecular weight excluding hydrogens is 480 g/mol. The van der Waals surface area contributed by atoms with Gasteiger partial charge in [-0.3, -0.25) is 24.2 Å². The quantitative estimate of drug-likeness (QED) is 0.457. The number of piperidine rings is 1. The Balaban J connectivity index is 1.35. The molecule has 10 heteroatoms. The van der Waals surface area contributed by atoms with Gasteiger partial charge in [-0.05, 0) is 54.7 Å². The molecular formula is C26H28N4O5S. The number of ether oxygens (including phenoxy) is 2. The van der Waals surface area contributed by atoms with Gasteiger partial charge in [0.2, 0.25) is 18.6 Å². The van der Waals surface area contributed by atoms with Gasteiger partial charge < -0.3 is 18.9 Å². The van der Waals surface area contributed by atoms with Crippen LogP contribution in [0.3, 0.4) is 0 Å². The van der Waals surface area contributed by atoms with Crippen LogP contribution in [-0.4, -0.2) is 76.7 Å². The van der Waals surface area contributed by atoms with Crippen LogP contribution < -0.4 is 15.0 Å². The Kier molecular flexibility index (Phi) is 5.42. The summed E-state index contributed by atoms with van der Waals surface area (Å²) >= 11 is 5.39. The predicted molar refractivity (Wildman–Crippen MR) is 135 cm³/mol. The van der Waals surface area contributed by atoms with Crippen molar-refractivity contribution in [3.05, 3.63) is 58.0 Å². The summed E-state index contributed by atoms with van der Waals surface area (Å²) in [5.74, 6) is 1.15. The van der Waals surface area contributed by atoms with Gasteiger partial charge in [0, 0.05) is 58.0 Å². The Morgan fingerprint density at radius 3 is 2.50 bits per heavy atom. The number of rotatable bonds is 4. The SMILES string of the molecule is CN1C(=O)C(Cc2ccc3c(c2)OCO3)(CN2C[C@@H]3C[C@@H](C2)c2cccc(=O)n2C3)C(=O)N(C)C1=S. The van der Waals surface area contributed by atoms with Crippen LogP contribution in [0.2, 0.25) is 0 Å². The first-order valence-electron chi connectivity index (χ1n) is 12.2. The zero-order chi connectivity index (χ0) is 25.2. The maximum absolute atomic E-state index is 13.9. The normalized spacial score (nSPS) is 24.8. The fourth-order valence-corrected chi connectivity index (χ4v) is 6.55. The van der Waals surface area contributed by atoms with Crippen molar-refractivity contribution in [1.29, 1.82) is 0 Å². The van der Waals surface area contributed by atoms with E-state index in [1.807, 2.05) is 34.9 Å². The van der Waals surface area contributed by atoms with E-state index in [9.17, 15) is 14.4 Å². The average molecular weight is 509 g/mol. The minimum absolute atomic E-state index is 0.0318. The van der Waals surface area contributed by atoms with Crippen molar-refractivity contribution in [2.75, 3.05) is 40.5 Å². The van der Waals surface area contributed by atoms with Gasteiger partial charge in [-0.15, -0.1) is 0 Å². The van der Waals surface area contributed by atoms with E-state index in [0.717, 1.165) is 24.2 Å². The van der Waals surface area contributed by atoms with Crippen LogP contribution in [0, 0.1) is 11.3 Å². The number of benzene rings is 1. The van der Waals surface area contributed by atoms with E-state index in [-0.39, 0.29) is 54.1 Å². The van der Waals surface area contributed by atoms with Crippen LogP contribution in [0.25, 0.3) is 0 Å². The van der Waals surface area contributed by atoms with E-state index < -0.39 is 5.41 Å². The Labute approximate surface area is 214 Å². The molecule has 0 unspecified atom stereocenters. The average Bonchev–Trinajstić information content (AvgIpc) is 3.34. The van der Waals surface area contributed by atoms with Crippen LogP contribution in [0.5, 0.6) is 11.5 Å². The molecule has 2 amide bonds. The molecule has 4 aliphatic heterocycles. The third kappa shape index (κ3) is 3.54. The summed E-state index contributed by atoms with van der Waals surface area (Å²) in [4.78, 5) is 45.3. The van der Waals surface area contributed by atoms with Crippen molar-refractivity contribution >= 4 is 29.1 Å². The van der Waals surface area contributed by atoms with E-state index in [2.05, 4.69) is 4.90 Å². The first-order valence-corrected chi connectivity index (χ1v) is 12.6. The number of amides is 2. The lowest BCUT2D eigenvalue weighted by Crippen LogP contribution is -2.67. The lowest BCUT2D eigenvalue weighted by atomic mass is 9.75. The van der Waals surface area contributed by atoms with Gasteiger partial charge in [-0.25, -0.2) is 0 Å². The molecule has 2 atom stereocenters. The zero-order valence-electron chi connectivity index (χ0n) is 20.3. The number of carbonyl (C=O) groups is 2. The minimum atomic E-state index is -1.33. The smallest absolute Gasteiger partial charge is 0.250 e. The highest BCUT2D eigenvalue weighted by Crippen LogP contribution is 2.40. The number of carbonyl (C=O) groups excluding carboxylic acids is 2. The van der Waals surface area contributed by atoms with Crippen molar-refractivity contribution < 1.29 is 19.1 Å². The highest BCUT2D eigenvalue weighted by atomic mass is 32.1. The first-order chi connectivity index (χ1) is 17.3. The first kappa shape index (κ1) is 23.2. The van der Waals surface area contributed by atoms with E-state index in [4.69, 9.17) is 21.7 Å². The molecule has 0 radical (unpaired) electrons. The Bertz CT molecular complexity index is 1320. The highest BCUT2D eigenvalue weighted by molar-refractivity contribution is 7.80. The van der Waals surface area contributed by atoms with Crippen molar-refractivity contribution in [1.82, 2.24) is 19.3 Å². The number of likely N-dealkylation sites (tertiary alicyclic amines) is 1. The van der Waals surface area contributed by atoms with Gasteiger partial charge in [-0.2, -0.15) is 0 Å². The second-order valence-corrected chi connectivity index (χ2v) is 10.7. The van der Waals surface area contributed by atoms with E-state index in [1.54, 1.807) is 20.2 Å². The molecule has 188 valence electrons. The maximum Gasteiger partial charge on any atom is 0.250 e. The second-order valence-electron chi connectivity index (χ2n) is 10.3. The summed E-state index contributed by atoms with van der Waals surface area (Å²) in [5, 5.41) is 0.204. The van der Waals surface area contributed by atoms with Crippen LogP contribution >= 0.6 is 12.2 Å². The number of pyridine rings is 1. The topological polar surface area (TPSA) is 84.3 Å². The Hall–Kier alpha value is -3.24. The van der Waals surface area contributed by atoms with Gasteiger partial charge in [0.1, 0.15) is 5.41 Å². The van der Waals surface area contributed by atoms with Crippen LogP contribution in [0.1, 0.15) is 23.6 Å². The molecule has 5 heterocycles. The van der Waals surface area contributed by atoms with Crippen molar-refractivity contribution in [2.45, 2.75) is 25.3 Å². The largest absolute Gasteiger partial charge is 0.454 e. The van der Waals surface area contributed by atoms with E-state index in [1.165, 1.54) is 9.80 Å². The molecule has 0 N–H and O–H groups in total. The molecule has 2 fully saturated rings. The van der Waals surface area contributed by atoms with Crippen LogP contribution in [-0.2, 0) is 22.6 Å². The standard InChI is InChI=1S/C26H28N4O5S/c1-27-23(32)26(24(33)28(2)25(27)36,10-16-6-7-20-21(9-16)35-15-34-20)14-29-11-17-8-18(13-29)19-4-3-5-22(31)30(19)12-17/h3-7,9,17-18H,8,10-15H2,1-2H3/t17-,18-/m0/s1. The van der Waals surface area contributed by atoms with Crippen molar-refractivity contribution in [3.63, 3.8) is 0 Å². The van der Waals surface area contributed by atoms with Gasteiger partial charge >= 0.3 is 0 Å². The molecule has 0 saturated carbocycles. The second kappa shape index (κ2) is 8.41. The monoisotopic (exact) mass is 508 g/mol. The molecule has 36 heavy (non-hydrogen) atoms. The summed E-state index contributed by atoms with van der Waals surface area (Å²) in [5.41, 5.74) is 0.556. The maximum atomic E-state index is 13.9. The summed E-state index contributed by atoms with van der Waals surface area (Å²) in [6, 6.07) is 11.0. The third-order valence-electron chi connectivity index (χ3n) is 7.99. The molecule has 2 bridgehead atoms. The van der Waals surface area contributed by atoms with Gasteiger partial charge in [-0.1, -0.05) is 12.1 Å². The summed E-state index contributed by atoms with van der Waals surface area (Å²) in [6.45, 7) is 2.49. The van der Waals surface area contributed by atoms with Crippen LogP contribution in [0.4, 0.5) is 0 Å². The van der Waals surface area contributed by atoms with Gasteiger partial charge in [0.15, 0.2) is 16.6 Å². The molecule has 2 saturated heterocycles. The van der Waals surface area contributed by atoms with Crippen molar-refractivity contribution in [2.24, 2.45) is 11.3 Å². The molecule has 2 aromatic rings. The lowest BCUT2D eigenvalue weighted by molar-refractivity contribution is -0.157. The minimum Gasteiger partial charge on any atom is -0.454 e. The number of fused-ring (bicyclic) bond motifs is 5. The zero-order valence-corrected chi connectivity index (χ0v) is 21.1. The Morgan fingerprint density at radius 2 is 1.72 bits per heavy atom. The van der Waals surface area contributed by atoms with E-state index >= 15 is 0 Å². The fourth-order valence-electron chi connectivity index (χ4n) is 6.38. The Morgan fingerprint density at radius 1 is 0.972 bits per heavy atom. The molecule has 1 aromatic carbocycles. The highest BCUT2D eigenvalue weighted by Gasteiger charge is 2.55. The third-order valence-corrected chi connectivity index (χ3v) is 8.54. The van der Waals surface area contributed by atoms with Crippen molar-refractivity contribution in [3.8, 4) is 11.5 Å². The van der Waals surface area contributed by atoms with Crippen LogP contribution in [0.15, 0.2) is 41.2 Å². The van der Waals surface area contributed by atoms with Gasteiger partial charge in [0.05, 0.1) is 0 Å². The summed E-state index contributed by atoms with van der Waals surface area (Å²) in [6.07, 6.45) is 1.22. The molecule has 0 spiro atoms. The molecule has 4 aliphatic rings. The number of thiocarbonyl (C=S) groups is 1. The fraction of sp³-hybridized carbons (Fsp3) is 0.462. The predicted octanol–water partition coefficient (Wildman–Crippen LogP) is 1.44. The van der Waals surface area contributed by atoms with E-state index in [0.29, 0.717) is 24.6 Å². The number of aromatic nitrogens is 1. The summed E-state index contributed by atoms with van der Waals surface area (Å²) < 4.78 is 12.9. The molecule has 9 nitrogen and oxygen atoms in total. The molecule has 6 rings (SSSR count). The lowest BCUT2D eigenvalue weighted by Gasteiger charge is -2.48. The number of hydrogen-bond acceptors (Lipinski definition) is 7. The van der Waals surface area contributed by atoms with Gasteiger partial charge in [0.25, 0.3) is 5.56 Å². The number of nitrogens with zero attached hydrogens (tertiary/aromatic N) is 4.